The van der Waals surface area contributed by atoms with Gasteiger partial charge in [0.2, 0.25) is 5.91 Å². The number of aromatic nitrogens is 3. The Morgan fingerprint density at radius 3 is 2.85 bits per heavy atom. The zero-order valence-electron chi connectivity index (χ0n) is 15.3. The molecule has 0 bridgehead atoms. The van der Waals surface area contributed by atoms with Gasteiger partial charge in [-0.1, -0.05) is 17.4 Å². The van der Waals surface area contributed by atoms with Crippen molar-refractivity contribution >= 4 is 38.4 Å². The Kier molecular flexibility index (Phi) is 4.07. The number of fused-ring (bicyclic) bond motifs is 1. The Bertz CT molecular complexity index is 945. The van der Waals surface area contributed by atoms with E-state index in [9.17, 15) is 4.79 Å². The number of amides is 1. The van der Waals surface area contributed by atoms with Crippen molar-refractivity contribution in [2.75, 3.05) is 30.0 Å². The fourth-order valence-corrected chi connectivity index (χ4v) is 4.50. The van der Waals surface area contributed by atoms with Crippen LogP contribution in [0.2, 0.25) is 0 Å². The normalized spacial score (nSPS) is 18.0. The van der Waals surface area contributed by atoms with Gasteiger partial charge in [0, 0.05) is 31.9 Å². The minimum Gasteiger partial charge on any atom is -0.497 e. The Morgan fingerprint density at radius 2 is 2.12 bits per heavy atom. The van der Waals surface area contributed by atoms with Crippen molar-refractivity contribution in [1.82, 2.24) is 14.8 Å². The first-order valence-electron chi connectivity index (χ1n) is 8.52. The lowest BCUT2D eigenvalue weighted by atomic mass is 10.1. The van der Waals surface area contributed by atoms with Gasteiger partial charge < -0.3 is 14.5 Å². The summed E-state index contributed by atoms with van der Waals surface area (Å²) in [6, 6.07) is 7.35. The summed E-state index contributed by atoms with van der Waals surface area (Å²) in [6.45, 7) is 5.27. The highest BCUT2D eigenvalue weighted by Crippen LogP contribution is 2.34. The summed E-state index contributed by atoms with van der Waals surface area (Å²) in [5.74, 6) is 0.818. The molecular formula is C18H21N5O2S. The van der Waals surface area contributed by atoms with E-state index in [0.29, 0.717) is 6.54 Å². The lowest BCUT2D eigenvalue weighted by molar-refractivity contribution is -0.120. The van der Waals surface area contributed by atoms with Gasteiger partial charge >= 0.3 is 0 Å². The number of nitrogens with zero attached hydrogens (tertiary/aromatic N) is 5. The second kappa shape index (κ2) is 6.28. The number of benzene rings is 1. The summed E-state index contributed by atoms with van der Waals surface area (Å²) in [6.07, 6.45) is 0. The van der Waals surface area contributed by atoms with Crippen LogP contribution < -0.4 is 14.5 Å². The number of rotatable bonds is 3. The van der Waals surface area contributed by atoms with E-state index in [1.54, 1.807) is 23.1 Å². The number of thiazole rings is 1. The van der Waals surface area contributed by atoms with Gasteiger partial charge in [0.15, 0.2) is 10.8 Å². The summed E-state index contributed by atoms with van der Waals surface area (Å²) < 4.78 is 8.16. The van der Waals surface area contributed by atoms with Gasteiger partial charge in [0.1, 0.15) is 11.8 Å². The van der Waals surface area contributed by atoms with Crippen molar-refractivity contribution in [3.05, 3.63) is 30.0 Å². The fraction of sp³-hybridized carbons (Fsp3) is 0.389. The quantitative estimate of drug-likeness (QED) is 0.708. The Hall–Kier alpha value is -2.61. The molecule has 4 rings (SSSR count). The molecule has 1 fully saturated rings. The van der Waals surface area contributed by atoms with Gasteiger partial charge in [-0.3, -0.25) is 4.79 Å². The monoisotopic (exact) mass is 371 g/mol. The second-order valence-electron chi connectivity index (χ2n) is 6.42. The smallest absolute Gasteiger partial charge is 0.249 e. The number of carbonyl (C=O) groups excluding carboxylic acids is 1. The van der Waals surface area contributed by atoms with E-state index >= 15 is 0 Å². The van der Waals surface area contributed by atoms with E-state index in [0.717, 1.165) is 39.2 Å². The van der Waals surface area contributed by atoms with Crippen molar-refractivity contribution in [2.24, 2.45) is 7.05 Å². The van der Waals surface area contributed by atoms with Crippen LogP contribution in [0.5, 0.6) is 5.75 Å². The van der Waals surface area contributed by atoms with Crippen LogP contribution in [-0.2, 0) is 11.8 Å². The molecule has 1 amide bonds. The van der Waals surface area contributed by atoms with Crippen LogP contribution in [0.15, 0.2) is 24.3 Å². The van der Waals surface area contributed by atoms with E-state index in [1.165, 1.54) is 0 Å². The van der Waals surface area contributed by atoms with Crippen LogP contribution in [0.25, 0.3) is 10.3 Å². The zero-order chi connectivity index (χ0) is 18.4. The molecule has 1 aromatic carbocycles. The van der Waals surface area contributed by atoms with E-state index < -0.39 is 0 Å². The predicted octanol–water partition coefficient (Wildman–Crippen LogP) is 2.59. The first-order valence-corrected chi connectivity index (χ1v) is 9.33. The van der Waals surface area contributed by atoms with Gasteiger partial charge in [-0.25, -0.2) is 9.67 Å². The maximum absolute atomic E-state index is 13.0. The molecule has 0 N–H and O–H groups in total. The molecule has 1 atom stereocenters. The topological polar surface area (TPSA) is 63.5 Å². The molecule has 1 saturated heterocycles. The maximum atomic E-state index is 13.0. The lowest BCUT2D eigenvalue weighted by Gasteiger charge is -2.39. The number of hydrogen-bond donors (Lipinski definition) is 0. The van der Waals surface area contributed by atoms with Gasteiger partial charge in [-0.05, 0) is 26.0 Å². The number of anilines is 2. The Labute approximate surface area is 155 Å². The van der Waals surface area contributed by atoms with E-state index in [-0.39, 0.29) is 11.9 Å². The molecular weight excluding hydrogens is 350 g/mol. The highest BCUT2D eigenvalue weighted by atomic mass is 32.1. The van der Waals surface area contributed by atoms with E-state index in [1.807, 2.05) is 50.1 Å². The Balaban J connectivity index is 1.61. The van der Waals surface area contributed by atoms with Crippen LogP contribution in [-0.4, -0.2) is 46.9 Å². The predicted molar refractivity (Wildman–Crippen MR) is 103 cm³/mol. The van der Waals surface area contributed by atoms with Crippen LogP contribution in [0.3, 0.4) is 0 Å². The summed E-state index contributed by atoms with van der Waals surface area (Å²) in [4.78, 5) is 21.6. The third kappa shape index (κ3) is 2.61. The SMILES string of the molecule is COc1cccc(N2CCN(c3nc4c(s3)c(C)nn4C)[C@@H](C)C2=O)c1. The van der Waals surface area contributed by atoms with Crippen molar-refractivity contribution in [1.29, 1.82) is 0 Å². The average molecular weight is 371 g/mol. The standard InChI is InChI=1S/C18H21N5O2S/c1-11-15-16(21(3)20-11)19-18(26-15)22-8-9-23(17(24)12(22)2)13-6-5-7-14(10-13)25-4/h5-7,10,12H,8-9H2,1-4H3/t12-/m0/s1. The van der Waals surface area contributed by atoms with E-state index in [2.05, 4.69) is 10.00 Å². The zero-order valence-corrected chi connectivity index (χ0v) is 16.1. The maximum Gasteiger partial charge on any atom is 0.249 e. The molecule has 136 valence electrons. The lowest BCUT2D eigenvalue weighted by Crippen LogP contribution is -2.56. The first-order chi connectivity index (χ1) is 12.5. The summed E-state index contributed by atoms with van der Waals surface area (Å²) >= 11 is 1.60. The number of aryl methyl sites for hydroxylation is 2. The fourth-order valence-electron chi connectivity index (χ4n) is 3.36. The van der Waals surface area contributed by atoms with Crippen LogP contribution in [0, 0.1) is 6.92 Å². The molecule has 0 spiro atoms. The first kappa shape index (κ1) is 16.8. The molecule has 7 nitrogen and oxygen atoms in total. The summed E-state index contributed by atoms with van der Waals surface area (Å²) in [7, 11) is 3.53. The number of piperazine rings is 1. The van der Waals surface area contributed by atoms with Crippen molar-refractivity contribution in [3.8, 4) is 5.75 Å². The molecule has 26 heavy (non-hydrogen) atoms. The molecule has 2 aromatic heterocycles. The molecule has 0 aliphatic carbocycles. The molecule has 0 saturated carbocycles. The number of ether oxygens (including phenoxy) is 1. The van der Waals surface area contributed by atoms with E-state index in [4.69, 9.17) is 9.72 Å². The number of methoxy groups -OCH3 is 1. The molecule has 1 aliphatic heterocycles. The Morgan fingerprint density at radius 1 is 1.31 bits per heavy atom. The van der Waals surface area contributed by atoms with Gasteiger partial charge in [-0.15, -0.1) is 0 Å². The molecule has 8 heteroatoms. The van der Waals surface area contributed by atoms with Crippen molar-refractivity contribution < 1.29 is 9.53 Å². The number of hydrogen-bond acceptors (Lipinski definition) is 6. The van der Waals surface area contributed by atoms with Gasteiger partial charge in [0.05, 0.1) is 17.5 Å². The van der Waals surface area contributed by atoms with Crippen LogP contribution in [0.1, 0.15) is 12.6 Å². The highest BCUT2D eigenvalue weighted by Gasteiger charge is 2.34. The molecule has 1 aliphatic rings. The van der Waals surface area contributed by atoms with Gasteiger partial charge in [0.25, 0.3) is 0 Å². The van der Waals surface area contributed by atoms with Gasteiger partial charge in [-0.2, -0.15) is 5.10 Å². The molecule has 3 aromatic rings. The summed E-state index contributed by atoms with van der Waals surface area (Å²) in [5.41, 5.74) is 2.71. The van der Waals surface area contributed by atoms with Crippen molar-refractivity contribution in [2.45, 2.75) is 19.9 Å². The minimum absolute atomic E-state index is 0.0682. The third-order valence-corrected chi connectivity index (χ3v) is 5.99. The highest BCUT2D eigenvalue weighted by molar-refractivity contribution is 7.22. The molecule has 0 unspecified atom stereocenters. The van der Waals surface area contributed by atoms with Crippen LogP contribution >= 0.6 is 11.3 Å². The third-order valence-electron chi connectivity index (χ3n) is 4.80. The largest absolute Gasteiger partial charge is 0.497 e. The summed E-state index contributed by atoms with van der Waals surface area (Å²) in [5, 5.41) is 5.27. The van der Waals surface area contributed by atoms with Crippen LogP contribution in [0.4, 0.5) is 10.8 Å². The van der Waals surface area contributed by atoms with Crippen molar-refractivity contribution in [3.63, 3.8) is 0 Å². The molecule has 3 heterocycles. The minimum atomic E-state index is -0.274. The average Bonchev–Trinajstić information content (AvgIpc) is 3.19. The second-order valence-corrected chi connectivity index (χ2v) is 7.40. The molecule has 0 radical (unpaired) electrons. The number of carbonyl (C=O) groups is 1.